The molecule has 5 aliphatic rings. The zero-order valence-corrected chi connectivity index (χ0v) is 28.9. The number of hydrogen-bond donors (Lipinski definition) is 5. The molecule has 3 fully saturated rings. The van der Waals surface area contributed by atoms with E-state index in [1.165, 1.54) is 24.6 Å². The fourth-order valence-corrected chi connectivity index (χ4v) is 8.99. The highest BCUT2D eigenvalue weighted by Gasteiger charge is 2.48. The highest BCUT2D eigenvalue weighted by molar-refractivity contribution is 7.99. The molecule has 1 aliphatic carbocycles. The molecule has 2 aromatic heterocycles. The quantitative estimate of drug-likeness (QED) is 0.271. The van der Waals surface area contributed by atoms with Gasteiger partial charge >= 0.3 is 0 Å². The van der Waals surface area contributed by atoms with Gasteiger partial charge in [-0.3, -0.25) is 15.8 Å². The molecule has 7 rings (SSSR count). The highest BCUT2D eigenvalue weighted by atomic mass is 35.5. The lowest BCUT2D eigenvalue weighted by Crippen LogP contribution is -2.76. The van der Waals surface area contributed by atoms with E-state index in [9.17, 15) is 4.79 Å². The van der Waals surface area contributed by atoms with E-state index in [0.717, 1.165) is 74.9 Å². The minimum absolute atomic E-state index is 0.0558. The van der Waals surface area contributed by atoms with Crippen LogP contribution in [-0.2, 0) is 9.53 Å². The van der Waals surface area contributed by atoms with Gasteiger partial charge in [0.2, 0.25) is 5.91 Å². The maximum Gasteiger partial charge on any atom is 0.275 e. The molecule has 6 heterocycles. The molecule has 1 spiro atoms. The number of rotatable bonds is 7. The predicted molar refractivity (Wildman–Crippen MR) is 182 cm³/mol. The van der Waals surface area contributed by atoms with Crippen molar-refractivity contribution in [3.05, 3.63) is 41.2 Å². The number of nitrogens with zero attached hydrogens (tertiary/aromatic N) is 6. The summed E-state index contributed by atoms with van der Waals surface area (Å²) in [5.41, 5.74) is 14.0. The number of ether oxygens (including phenoxy) is 1. The van der Waals surface area contributed by atoms with Gasteiger partial charge in [-0.25, -0.2) is 15.0 Å². The summed E-state index contributed by atoms with van der Waals surface area (Å²) in [5, 5.41) is 10.6. The molecule has 0 bridgehead atoms. The Morgan fingerprint density at radius 2 is 1.94 bits per heavy atom. The second-order valence-corrected chi connectivity index (χ2v) is 15.1. The second-order valence-electron chi connectivity index (χ2n) is 13.7. The lowest BCUT2D eigenvalue weighted by molar-refractivity contribution is -0.123. The number of pyridine rings is 1. The van der Waals surface area contributed by atoms with E-state index in [0.29, 0.717) is 27.6 Å². The third kappa shape index (κ3) is 6.07. The van der Waals surface area contributed by atoms with E-state index < -0.39 is 5.91 Å². The zero-order valence-electron chi connectivity index (χ0n) is 27.3. The van der Waals surface area contributed by atoms with Gasteiger partial charge in [-0.1, -0.05) is 43.1 Å². The summed E-state index contributed by atoms with van der Waals surface area (Å²) >= 11 is 8.29. The van der Waals surface area contributed by atoms with Crippen LogP contribution < -0.4 is 32.3 Å². The van der Waals surface area contributed by atoms with Crippen LogP contribution in [0.3, 0.4) is 0 Å². The molecular formula is C32H46ClN11O2S. The first kappa shape index (κ1) is 32.5. The molecule has 13 nitrogen and oxygen atoms in total. The van der Waals surface area contributed by atoms with Crippen LogP contribution in [-0.4, -0.2) is 94.1 Å². The Balaban J connectivity index is 1.04. The largest absolute Gasteiger partial charge is 0.376 e. The molecule has 1 unspecified atom stereocenters. The Bertz CT molecular complexity index is 1510. The summed E-state index contributed by atoms with van der Waals surface area (Å²) in [4.78, 5) is 34.8. The van der Waals surface area contributed by atoms with Crippen molar-refractivity contribution in [2.24, 2.45) is 16.9 Å². The molecular weight excluding hydrogens is 638 g/mol. The molecule has 254 valence electrons. The van der Waals surface area contributed by atoms with Crippen molar-refractivity contribution in [3.63, 3.8) is 0 Å². The Labute approximate surface area is 285 Å². The van der Waals surface area contributed by atoms with Crippen LogP contribution >= 0.6 is 23.4 Å². The van der Waals surface area contributed by atoms with E-state index >= 15 is 0 Å². The summed E-state index contributed by atoms with van der Waals surface area (Å²) < 4.78 is 5.87. The van der Waals surface area contributed by atoms with Crippen molar-refractivity contribution >= 4 is 40.9 Å². The first-order chi connectivity index (χ1) is 22.6. The van der Waals surface area contributed by atoms with E-state index in [2.05, 4.69) is 49.6 Å². The number of carbonyl (C=O) groups is 1. The van der Waals surface area contributed by atoms with Crippen LogP contribution in [0, 0.1) is 5.41 Å². The molecule has 2 saturated heterocycles. The number of nitrogens with one attached hydrogen (secondary N) is 3. The fourth-order valence-electron chi connectivity index (χ4n) is 7.96. The van der Waals surface area contributed by atoms with E-state index in [-0.39, 0.29) is 29.5 Å². The Morgan fingerprint density at radius 3 is 2.60 bits per heavy atom. The molecule has 2 aromatic rings. The summed E-state index contributed by atoms with van der Waals surface area (Å²) in [6, 6.07) is 2.54. The van der Waals surface area contributed by atoms with Crippen LogP contribution in [0.5, 0.6) is 0 Å². The number of halogens is 1. The van der Waals surface area contributed by atoms with Gasteiger partial charge in [-0.15, -0.1) is 0 Å². The van der Waals surface area contributed by atoms with E-state index in [1.807, 2.05) is 24.2 Å². The molecule has 7 N–H and O–H groups in total. The summed E-state index contributed by atoms with van der Waals surface area (Å²) in [7, 11) is 1.96. The van der Waals surface area contributed by atoms with Crippen LogP contribution in [0.25, 0.3) is 0 Å². The third-order valence-electron chi connectivity index (χ3n) is 10.7. The number of piperidine rings is 1. The van der Waals surface area contributed by atoms with Crippen molar-refractivity contribution in [3.8, 4) is 0 Å². The number of nitrogens with two attached hydrogens (primary N) is 2. The first-order valence-corrected chi connectivity index (χ1v) is 18.0. The standard InChI is InChI=1S/C32H46ClN11O2S/c1-4-20-17-42(3)26-29(44(20)21-7-5-6-8-21)40-32(35,41-30(26)45)39-28-25(33)22(9-12-36-28)47-24-16-37-23(15-38-24)43-13-10-31(11-14-43)18-46-19(2)27(31)34/h9,12,15-16,19-21,27,40H,4-8,10-11,13-14,17-18,34-35H2,1-3H3,(H,36,39)(H,41,45)/t19-,20?,27+,32-/m0/s1. The maximum absolute atomic E-state index is 13.5. The van der Waals surface area contributed by atoms with Crippen LogP contribution in [0.4, 0.5) is 11.6 Å². The SMILES string of the molecule is CCC1CN(C)C2=C(N[C@](N)(Nc3nccc(Sc4cnc(N5CCC6(CC5)CO[C@@H](C)[C@H]6N)cn4)c3Cl)NC2=O)N1C1CCCC1. The summed E-state index contributed by atoms with van der Waals surface area (Å²) in [5.74, 6) is 0.185. The lowest BCUT2D eigenvalue weighted by Gasteiger charge is -2.51. The normalized spacial score (nSPS) is 29.3. The van der Waals surface area contributed by atoms with Crippen molar-refractivity contribution in [1.82, 2.24) is 35.4 Å². The van der Waals surface area contributed by atoms with Gasteiger partial charge in [0, 0.05) is 61.3 Å². The number of hydrogen-bond acceptors (Lipinski definition) is 13. The zero-order chi connectivity index (χ0) is 32.9. The Kier molecular flexibility index (Phi) is 8.83. The lowest BCUT2D eigenvalue weighted by atomic mass is 9.73. The first-order valence-electron chi connectivity index (χ1n) is 16.8. The fraction of sp³-hybridized carbons (Fsp3) is 0.625. The maximum atomic E-state index is 13.5. The monoisotopic (exact) mass is 683 g/mol. The Morgan fingerprint density at radius 1 is 1.17 bits per heavy atom. The van der Waals surface area contributed by atoms with Crippen molar-refractivity contribution in [2.45, 2.75) is 98.9 Å². The van der Waals surface area contributed by atoms with E-state index in [1.54, 1.807) is 12.4 Å². The van der Waals surface area contributed by atoms with Gasteiger partial charge in [-0.2, -0.15) is 0 Å². The van der Waals surface area contributed by atoms with Crippen molar-refractivity contribution < 1.29 is 9.53 Å². The van der Waals surface area contributed by atoms with E-state index in [4.69, 9.17) is 32.8 Å². The summed E-state index contributed by atoms with van der Waals surface area (Å²) in [6.45, 7) is 7.51. The van der Waals surface area contributed by atoms with Gasteiger partial charge in [-0.05, 0) is 45.1 Å². The summed E-state index contributed by atoms with van der Waals surface area (Å²) in [6.07, 6.45) is 12.8. The van der Waals surface area contributed by atoms with Gasteiger partial charge in [0.1, 0.15) is 28.2 Å². The van der Waals surface area contributed by atoms with Crippen LogP contribution in [0.1, 0.15) is 58.8 Å². The number of anilines is 2. The molecule has 0 radical (unpaired) electrons. The van der Waals surface area contributed by atoms with Crippen LogP contribution in [0.2, 0.25) is 5.02 Å². The molecule has 47 heavy (non-hydrogen) atoms. The molecule has 1 amide bonds. The Hall–Kier alpha value is -3.04. The predicted octanol–water partition coefficient (Wildman–Crippen LogP) is 2.85. The minimum Gasteiger partial charge on any atom is -0.376 e. The molecule has 1 saturated carbocycles. The van der Waals surface area contributed by atoms with Gasteiger partial charge in [0.25, 0.3) is 5.91 Å². The van der Waals surface area contributed by atoms with Crippen LogP contribution in [0.15, 0.2) is 46.1 Å². The third-order valence-corrected chi connectivity index (χ3v) is 12.2. The molecule has 15 heteroatoms. The number of likely N-dealkylation sites (N-methyl/N-ethyl adjacent to an activating group) is 1. The number of carbonyl (C=O) groups excluding carboxylic acids is 1. The van der Waals surface area contributed by atoms with Gasteiger partial charge in [0.15, 0.2) is 0 Å². The van der Waals surface area contributed by atoms with Crippen molar-refractivity contribution in [1.29, 1.82) is 0 Å². The van der Waals surface area contributed by atoms with Crippen molar-refractivity contribution in [2.75, 3.05) is 43.5 Å². The van der Waals surface area contributed by atoms with Gasteiger partial charge < -0.3 is 35.8 Å². The average Bonchev–Trinajstić information content (AvgIpc) is 3.68. The second kappa shape index (κ2) is 12.8. The molecule has 0 aromatic carbocycles. The number of amides is 1. The molecule has 4 atom stereocenters. The number of aromatic nitrogens is 3. The minimum atomic E-state index is -1.51. The average molecular weight is 684 g/mol. The molecule has 4 aliphatic heterocycles. The smallest absolute Gasteiger partial charge is 0.275 e. The van der Waals surface area contributed by atoms with Gasteiger partial charge in [0.05, 0.1) is 30.1 Å². The topological polar surface area (TPSA) is 163 Å². The highest BCUT2D eigenvalue weighted by Crippen LogP contribution is 2.42.